The summed E-state index contributed by atoms with van der Waals surface area (Å²) in [6, 6.07) is 6.17. The van der Waals surface area contributed by atoms with Gasteiger partial charge in [-0.3, -0.25) is 9.58 Å². The fourth-order valence-electron chi connectivity index (χ4n) is 4.99. The summed E-state index contributed by atoms with van der Waals surface area (Å²) in [5, 5.41) is 8.51. The molecule has 0 spiro atoms. The van der Waals surface area contributed by atoms with Crippen molar-refractivity contribution in [2.24, 2.45) is 7.05 Å². The highest BCUT2D eigenvalue weighted by Crippen LogP contribution is 2.32. The topological polar surface area (TPSA) is 87.9 Å². The van der Waals surface area contributed by atoms with Crippen molar-refractivity contribution in [3.63, 3.8) is 0 Å². The highest BCUT2D eigenvalue weighted by atomic mass is 19.1. The minimum absolute atomic E-state index is 0.152. The van der Waals surface area contributed by atoms with E-state index in [1.54, 1.807) is 6.20 Å². The smallest absolute Gasteiger partial charge is 0.229 e. The van der Waals surface area contributed by atoms with Gasteiger partial charge in [-0.05, 0) is 31.7 Å². The predicted molar refractivity (Wildman–Crippen MR) is 143 cm³/mol. The second kappa shape index (κ2) is 9.75. The molecule has 194 valence electrons. The first-order valence-electron chi connectivity index (χ1n) is 12.6. The van der Waals surface area contributed by atoms with Crippen LogP contribution in [0.1, 0.15) is 45.0 Å². The molecule has 37 heavy (non-hydrogen) atoms. The molecular formula is C27H34FN9. The molecule has 0 aromatic carbocycles. The van der Waals surface area contributed by atoms with Gasteiger partial charge in [0.05, 0.1) is 11.9 Å². The third-order valence-electron chi connectivity index (χ3n) is 7.01. The molecule has 0 aliphatic carbocycles. The van der Waals surface area contributed by atoms with Crippen LogP contribution in [0.4, 0.5) is 16.2 Å². The first kappa shape index (κ1) is 25.2. The molecule has 1 aliphatic rings. The van der Waals surface area contributed by atoms with Gasteiger partial charge < -0.3 is 10.2 Å². The Bertz CT molecular complexity index is 1400. The number of hydrogen-bond donors (Lipinski definition) is 1. The zero-order chi connectivity index (χ0) is 26.3. The Morgan fingerprint density at radius 3 is 2.41 bits per heavy atom. The van der Waals surface area contributed by atoms with Gasteiger partial charge in [-0.25, -0.2) is 24.3 Å². The summed E-state index contributed by atoms with van der Waals surface area (Å²) < 4.78 is 16.7. The number of rotatable bonds is 5. The molecule has 0 amide bonds. The van der Waals surface area contributed by atoms with Crippen LogP contribution in [0.5, 0.6) is 0 Å². The largest absolute Gasteiger partial charge is 0.309 e. The Balaban J connectivity index is 1.38. The van der Waals surface area contributed by atoms with E-state index < -0.39 is 5.82 Å². The molecule has 0 saturated carbocycles. The molecule has 1 saturated heterocycles. The standard InChI is InChI=1S/C27H34FN9/c1-17(37-11-9-35(5)10-12-37)18-7-8-22(29-14-18)32-26-31-16-21(28)23(33-26)19-13-20-24(27(2,3)4)36(6)34-25(20)30-15-19/h7-8,13-17H,9-12H2,1-6H3,(H,29,31,32,33). The molecule has 5 rings (SSSR count). The van der Waals surface area contributed by atoms with Crippen molar-refractivity contribution in [2.45, 2.75) is 39.2 Å². The molecule has 9 nitrogen and oxygen atoms in total. The van der Waals surface area contributed by atoms with Crippen molar-refractivity contribution in [2.75, 3.05) is 38.5 Å². The summed E-state index contributed by atoms with van der Waals surface area (Å²) in [4.78, 5) is 22.5. The van der Waals surface area contributed by atoms with Crippen LogP contribution in [-0.2, 0) is 12.5 Å². The van der Waals surface area contributed by atoms with E-state index in [0.717, 1.165) is 42.8 Å². The number of nitrogens with zero attached hydrogens (tertiary/aromatic N) is 8. The minimum atomic E-state index is -0.516. The van der Waals surface area contributed by atoms with Gasteiger partial charge in [0.1, 0.15) is 11.5 Å². The average molecular weight is 504 g/mol. The van der Waals surface area contributed by atoms with E-state index in [2.05, 4.69) is 81.0 Å². The van der Waals surface area contributed by atoms with E-state index in [1.165, 1.54) is 6.20 Å². The third kappa shape index (κ3) is 5.17. The molecule has 1 unspecified atom stereocenters. The van der Waals surface area contributed by atoms with Crippen LogP contribution in [0.15, 0.2) is 36.8 Å². The van der Waals surface area contributed by atoms with Gasteiger partial charge in [-0.15, -0.1) is 0 Å². The summed E-state index contributed by atoms with van der Waals surface area (Å²) in [5.74, 6) is 0.353. The Morgan fingerprint density at radius 2 is 1.73 bits per heavy atom. The van der Waals surface area contributed by atoms with Gasteiger partial charge in [0, 0.05) is 68.0 Å². The van der Waals surface area contributed by atoms with E-state index in [4.69, 9.17) is 0 Å². The van der Waals surface area contributed by atoms with E-state index in [1.807, 2.05) is 30.1 Å². The zero-order valence-corrected chi connectivity index (χ0v) is 22.3. The van der Waals surface area contributed by atoms with Crippen LogP contribution in [-0.4, -0.2) is 72.7 Å². The first-order chi connectivity index (χ1) is 17.6. The minimum Gasteiger partial charge on any atom is -0.309 e. The molecule has 4 aromatic heterocycles. The van der Waals surface area contributed by atoms with Crippen molar-refractivity contribution < 1.29 is 4.39 Å². The fraction of sp³-hybridized carbons (Fsp3) is 0.444. The molecule has 1 fully saturated rings. The fourth-order valence-corrected chi connectivity index (χ4v) is 4.99. The van der Waals surface area contributed by atoms with Crippen molar-refractivity contribution >= 4 is 22.8 Å². The summed E-state index contributed by atoms with van der Waals surface area (Å²) >= 11 is 0. The highest BCUT2D eigenvalue weighted by Gasteiger charge is 2.24. The second-order valence-electron chi connectivity index (χ2n) is 10.8. The average Bonchev–Trinajstić information content (AvgIpc) is 3.21. The van der Waals surface area contributed by atoms with Crippen molar-refractivity contribution in [1.82, 2.24) is 39.5 Å². The van der Waals surface area contributed by atoms with Crippen LogP contribution in [0.2, 0.25) is 0 Å². The van der Waals surface area contributed by atoms with Gasteiger partial charge in [0.25, 0.3) is 0 Å². The van der Waals surface area contributed by atoms with Crippen LogP contribution in [0.3, 0.4) is 0 Å². The van der Waals surface area contributed by atoms with E-state index in [0.29, 0.717) is 17.0 Å². The molecule has 1 atom stereocenters. The van der Waals surface area contributed by atoms with Crippen molar-refractivity contribution in [3.8, 4) is 11.3 Å². The Kier molecular flexibility index (Phi) is 6.63. The zero-order valence-electron chi connectivity index (χ0n) is 22.3. The van der Waals surface area contributed by atoms with Gasteiger partial charge >= 0.3 is 0 Å². The van der Waals surface area contributed by atoms with E-state index >= 15 is 0 Å². The van der Waals surface area contributed by atoms with Gasteiger partial charge in [-0.1, -0.05) is 26.8 Å². The molecule has 5 heterocycles. The Hall–Kier alpha value is -3.50. The number of anilines is 2. The van der Waals surface area contributed by atoms with E-state index in [9.17, 15) is 4.39 Å². The highest BCUT2D eigenvalue weighted by molar-refractivity contribution is 5.83. The molecule has 10 heteroatoms. The molecule has 0 radical (unpaired) electrons. The van der Waals surface area contributed by atoms with E-state index in [-0.39, 0.29) is 23.1 Å². The monoisotopic (exact) mass is 503 g/mol. The second-order valence-corrected chi connectivity index (χ2v) is 10.8. The SMILES string of the molecule is CC(c1ccc(Nc2ncc(F)c(-c3cnc4nn(C)c(C(C)(C)C)c4c3)n2)nc1)N1CCN(C)CC1. The number of aryl methyl sites for hydroxylation is 1. The lowest BCUT2D eigenvalue weighted by Crippen LogP contribution is -2.45. The number of hydrogen-bond acceptors (Lipinski definition) is 8. The van der Waals surface area contributed by atoms with Crippen LogP contribution in [0, 0.1) is 5.82 Å². The normalized spacial score (nSPS) is 16.3. The van der Waals surface area contributed by atoms with Crippen LogP contribution >= 0.6 is 0 Å². The number of aromatic nitrogens is 6. The van der Waals surface area contributed by atoms with Crippen molar-refractivity contribution in [3.05, 3.63) is 53.9 Å². The quantitative estimate of drug-likeness (QED) is 0.431. The van der Waals surface area contributed by atoms with Crippen LogP contribution in [0.25, 0.3) is 22.3 Å². The summed E-state index contributed by atoms with van der Waals surface area (Å²) in [6.45, 7) is 12.8. The third-order valence-corrected chi connectivity index (χ3v) is 7.01. The molecule has 0 bridgehead atoms. The summed E-state index contributed by atoms with van der Waals surface area (Å²) in [7, 11) is 4.06. The van der Waals surface area contributed by atoms with Gasteiger partial charge in [0.2, 0.25) is 5.95 Å². The number of pyridine rings is 2. The number of nitrogens with one attached hydrogen (secondary N) is 1. The summed E-state index contributed by atoms with van der Waals surface area (Å²) in [6.07, 6.45) is 4.65. The maximum Gasteiger partial charge on any atom is 0.229 e. The maximum atomic E-state index is 14.9. The van der Waals surface area contributed by atoms with Crippen LogP contribution < -0.4 is 5.32 Å². The Morgan fingerprint density at radius 1 is 0.973 bits per heavy atom. The van der Waals surface area contributed by atoms with Gasteiger partial charge in [-0.2, -0.15) is 5.10 Å². The lowest BCUT2D eigenvalue weighted by atomic mass is 9.89. The van der Waals surface area contributed by atoms with Crippen molar-refractivity contribution in [1.29, 1.82) is 0 Å². The lowest BCUT2D eigenvalue weighted by Gasteiger charge is -2.36. The molecular weight excluding hydrogens is 469 g/mol. The number of piperazine rings is 1. The molecule has 1 aliphatic heterocycles. The summed E-state index contributed by atoms with van der Waals surface area (Å²) in [5.41, 5.74) is 3.40. The molecule has 4 aromatic rings. The number of fused-ring (bicyclic) bond motifs is 1. The van der Waals surface area contributed by atoms with Gasteiger partial charge in [0.15, 0.2) is 11.5 Å². The molecule has 1 N–H and O–H groups in total. The predicted octanol–water partition coefficient (Wildman–Crippen LogP) is 4.31. The lowest BCUT2D eigenvalue weighted by molar-refractivity contribution is 0.119. The number of halogens is 1. The number of likely N-dealkylation sites (N-methyl/N-ethyl adjacent to an activating group) is 1. The first-order valence-corrected chi connectivity index (χ1v) is 12.6. The maximum absolute atomic E-state index is 14.9. The Labute approximate surface area is 216 Å².